The van der Waals surface area contributed by atoms with Crippen molar-refractivity contribution in [2.75, 3.05) is 5.73 Å². The van der Waals surface area contributed by atoms with E-state index in [0.29, 0.717) is 11.3 Å². The van der Waals surface area contributed by atoms with Crippen LogP contribution in [0.2, 0.25) is 0 Å². The van der Waals surface area contributed by atoms with E-state index in [9.17, 15) is 13.2 Å². The average Bonchev–Trinajstić information content (AvgIpc) is 2.28. The zero-order valence-electron chi connectivity index (χ0n) is 11.2. The first-order valence-corrected chi connectivity index (χ1v) is 7.31. The molecule has 19 heavy (non-hydrogen) atoms. The Hall–Kier alpha value is -1.60. The van der Waals surface area contributed by atoms with Crippen molar-refractivity contribution in [3.8, 4) is 0 Å². The molecule has 0 fully saturated rings. The van der Waals surface area contributed by atoms with Crippen LogP contribution in [0.1, 0.15) is 19.4 Å². The molecular formula is C12H19N3O3S. The third kappa shape index (κ3) is 3.68. The van der Waals surface area contributed by atoms with E-state index in [2.05, 4.69) is 4.72 Å². The van der Waals surface area contributed by atoms with Crippen molar-refractivity contribution in [3.63, 3.8) is 0 Å². The van der Waals surface area contributed by atoms with E-state index in [1.165, 1.54) is 18.2 Å². The van der Waals surface area contributed by atoms with Gasteiger partial charge in [0, 0.05) is 5.69 Å². The molecule has 0 saturated heterocycles. The van der Waals surface area contributed by atoms with Crippen molar-refractivity contribution < 1.29 is 13.2 Å². The monoisotopic (exact) mass is 285 g/mol. The van der Waals surface area contributed by atoms with Gasteiger partial charge >= 0.3 is 0 Å². The smallest absolute Gasteiger partial charge is 0.241 e. The Morgan fingerprint density at radius 3 is 2.32 bits per heavy atom. The Labute approximate surface area is 113 Å². The van der Waals surface area contributed by atoms with Gasteiger partial charge in [0.2, 0.25) is 15.9 Å². The number of carbonyl (C=O) groups excluding carboxylic acids is 1. The molecule has 1 atom stereocenters. The number of nitrogens with one attached hydrogen (secondary N) is 1. The number of benzene rings is 1. The van der Waals surface area contributed by atoms with Crippen LogP contribution >= 0.6 is 0 Å². The zero-order chi connectivity index (χ0) is 14.8. The highest BCUT2D eigenvalue weighted by atomic mass is 32.2. The molecule has 0 spiro atoms. The summed E-state index contributed by atoms with van der Waals surface area (Å²) in [6, 6.07) is 3.42. The normalized spacial score (nSPS) is 13.5. The predicted octanol–water partition coefficient (Wildman–Crippen LogP) is 0.365. The molecule has 7 heteroatoms. The Morgan fingerprint density at radius 1 is 1.32 bits per heavy atom. The Bertz CT molecular complexity index is 582. The van der Waals surface area contributed by atoms with Gasteiger partial charge in [0.1, 0.15) is 6.04 Å². The topological polar surface area (TPSA) is 115 Å². The molecule has 1 rings (SSSR count). The first-order chi connectivity index (χ1) is 8.65. The number of nitrogens with two attached hydrogens (primary N) is 2. The summed E-state index contributed by atoms with van der Waals surface area (Å²) in [5, 5.41) is 0. The molecule has 1 amide bonds. The van der Waals surface area contributed by atoms with Gasteiger partial charge in [-0.05, 0) is 36.6 Å². The molecule has 0 heterocycles. The molecule has 1 aromatic rings. The van der Waals surface area contributed by atoms with E-state index in [4.69, 9.17) is 11.5 Å². The van der Waals surface area contributed by atoms with Crippen molar-refractivity contribution in [1.29, 1.82) is 0 Å². The number of carbonyl (C=O) groups is 1. The number of nitrogen functional groups attached to an aromatic ring is 1. The van der Waals surface area contributed by atoms with Gasteiger partial charge < -0.3 is 11.5 Å². The lowest BCUT2D eigenvalue weighted by molar-refractivity contribution is -0.120. The molecule has 0 saturated carbocycles. The van der Waals surface area contributed by atoms with Crippen LogP contribution in [0.5, 0.6) is 0 Å². The molecule has 5 N–H and O–H groups in total. The van der Waals surface area contributed by atoms with Crippen LogP contribution in [0.3, 0.4) is 0 Å². The van der Waals surface area contributed by atoms with Gasteiger partial charge in [0.15, 0.2) is 0 Å². The van der Waals surface area contributed by atoms with Crippen LogP contribution in [0.15, 0.2) is 23.1 Å². The summed E-state index contributed by atoms with van der Waals surface area (Å²) in [4.78, 5) is 11.3. The van der Waals surface area contributed by atoms with Gasteiger partial charge in [0.05, 0.1) is 4.90 Å². The number of sulfonamides is 1. The number of hydrogen-bond donors (Lipinski definition) is 3. The van der Waals surface area contributed by atoms with E-state index >= 15 is 0 Å². The fourth-order valence-corrected chi connectivity index (χ4v) is 3.01. The molecule has 0 bridgehead atoms. The number of aryl methyl sites for hydroxylation is 1. The van der Waals surface area contributed by atoms with Crippen LogP contribution in [0, 0.1) is 12.8 Å². The summed E-state index contributed by atoms with van der Waals surface area (Å²) in [5.74, 6) is -0.937. The minimum Gasteiger partial charge on any atom is -0.399 e. The fraction of sp³-hybridized carbons (Fsp3) is 0.417. The SMILES string of the molecule is Cc1cc(S(=O)(=O)NC(C(N)=O)C(C)C)ccc1N. The standard InChI is InChI=1S/C12H19N3O3S/c1-7(2)11(12(14)16)15-19(17,18)9-4-5-10(13)8(3)6-9/h4-7,11,15H,13H2,1-3H3,(H2,14,16). The minimum atomic E-state index is -3.80. The number of rotatable bonds is 5. The Balaban J connectivity index is 3.10. The quantitative estimate of drug-likeness (QED) is 0.678. The third-order valence-electron chi connectivity index (χ3n) is 2.81. The maximum Gasteiger partial charge on any atom is 0.241 e. The molecule has 0 aliphatic heterocycles. The second kappa shape index (κ2) is 5.58. The summed E-state index contributed by atoms with van der Waals surface area (Å²) in [6.07, 6.45) is 0. The Morgan fingerprint density at radius 2 is 1.89 bits per heavy atom. The van der Waals surface area contributed by atoms with E-state index in [1.54, 1.807) is 20.8 Å². The maximum atomic E-state index is 12.2. The van der Waals surface area contributed by atoms with Crippen LogP contribution < -0.4 is 16.2 Å². The van der Waals surface area contributed by atoms with Crippen LogP contribution in [0.4, 0.5) is 5.69 Å². The molecule has 0 aliphatic carbocycles. The maximum absolute atomic E-state index is 12.2. The van der Waals surface area contributed by atoms with E-state index < -0.39 is 22.0 Å². The molecular weight excluding hydrogens is 266 g/mol. The summed E-state index contributed by atoms with van der Waals surface area (Å²) in [7, 11) is -3.80. The predicted molar refractivity (Wildman–Crippen MR) is 73.7 cm³/mol. The van der Waals surface area contributed by atoms with Gasteiger partial charge in [-0.1, -0.05) is 13.8 Å². The van der Waals surface area contributed by atoms with Crippen LogP contribution in [-0.4, -0.2) is 20.4 Å². The van der Waals surface area contributed by atoms with Crippen molar-refractivity contribution in [2.24, 2.45) is 11.7 Å². The molecule has 1 aromatic carbocycles. The van der Waals surface area contributed by atoms with Gasteiger partial charge in [-0.3, -0.25) is 4.79 Å². The molecule has 0 radical (unpaired) electrons. The number of hydrogen-bond acceptors (Lipinski definition) is 4. The molecule has 1 unspecified atom stereocenters. The third-order valence-corrected chi connectivity index (χ3v) is 4.25. The lowest BCUT2D eigenvalue weighted by Crippen LogP contribution is -2.47. The summed E-state index contributed by atoms with van der Waals surface area (Å²) in [6.45, 7) is 5.14. The van der Waals surface area contributed by atoms with Crippen molar-refractivity contribution in [2.45, 2.75) is 31.7 Å². The van der Waals surface area contributed by atoms with E-state index in [0.717, 1.165) is 0 Å². The Kier molecular flexibility index (Phi) is 4.54. The number of primary amides is 1. The molecule has 0 aromatic heterocycles. The van der Waals surface area contributed by atoms with Gasteiger partial charge in [0.25, 0.3) is 0 Å². The fourth-order valence-electron chi connectivity index (χ4n) is 1.57. The molecule has 6 nitrogen and oxygen atoms in total. The van der Waals surface area contributed by atoms with E-state index in [-0.39, 0.29) is 10.8 Å². The molecule has 106 valence electrons. The van der Waals surface area contributed by atoms with E-state index in [1.807, 2.05) is 0 Å². The highest BCUT2D eigenvalue weighted by molar-refractivity contribution is 7.89. The van der Waals surface area contributed by atoms with Gasteiger partial charge in [-0.15, -0.1) is 0 Å². The highest BCUT2D eigenvalue weighted by Gasteiger charge is 2.26. The largest absolute Gasteiger partial charge is 0.399 e. The van der Waals surface area contributed by atoms with Crippen molar-refractivity contribution >= 4 is 21.6 Å². The van der Waals surface area contributed by atoms with Gasteiger partial charge in [-0.25, -0.2) is 8.42 Å². The van der Waals surface area contributed by atoms with Crippen molar-refractivity contribution in [1.82, 2.24) is 4.72 Å². The second-order valence-electron chi connectivity index (χ2n) is 4.76. The lowest BCUT2D eigenvalue weighted by atomic mass is 10.1. The summed E-state index contributed by atoms with van der Waals surface area (Å²) < 4.78 is 26.6. The molecule has 0 aliphatic rings. The van der Waals surface area contributed by atoms with Gasteiger partial charge in [-0.2, -0.15) is 4.72 Å². The van der Waals surface area contributed by atoms with Crippen molar-refractivity contribution in [3.05, 3.63) is 23.8 Å². The van der Waals surface area contributed by atoms with Crippen LogP contribution in [0.25, 0.3) is 0 Å². The second-order valence-corrected chi connectivity index (χ2v) is 6.48. The lowest BCUT2D eigenvalue weighted by Gasteiger charge is -2.19. The summed E-state index contributed by atoms with van der Waals surface area (Å²) in [5.41, 5.74) is 12.0. The zero-order valence-corrected chi connectivity index (χ0v) is 12.0. The number of anilines is 1. The number of amides is 1. The first kappa shape index (κ1) is 15.5. The first-order valence-electron chi connectivity index (χ1n) is 5.83. The summed E-state index contributed by atoms with van der Waals surface area (Å²) >= 11 is 0. The van der Waals surface area contributed by atoms with Crippen LogP contribution in [-0.2, 0) is 14.8 Å². The highest BCUT2D eigenvalue weighted by Crippen LogP contribution is 2.17. The minimum absolute atomic E-state index is 0.0612. The average molecular weight is 285 g/mol.